The van der Waals surface area contributed by atoms with Crippen LogP contribution in [0.2, 0.25) is 0 Å². The maximum absolute atomic E-state index is 11.0. The van der Waals surface area contributed by atoms with Crippen molar-refractivity contribution >= 4 is 18.1 Å². The van der Waals surface area contributed by atoms with Crippen molar-refractivity contribution < 1.29 is 26.9 Å². The van der Waals surface area contributed by atoms with Crippen molar-refractivity contribution in [1.82, 2.24) is 0 Å². The number of carboxylic acids is 1. The third-order valence-electron chi connectivity index (χ3n) is 4.10. The highest BCUT2D eigenvalue weighted by molar-refractivity contribution is 5.87. The minimum absolute atomic E-state index is 0. The van der Waals surface area contributed by atoms with Crippen LogP contribution in [0.5, 0.6) is 0 Å². The van der Waals surface area contributed by atoms with Gasteiger partial charge in [0.2, 0.25) is 0 Å². The predicted molar refractivity (Wildman–Crippen MR) is 99.2 cm³/mol. The van der Waals surface area contributed by atoms with Crippen LogP contribution in [0.25, 0.3) is 12.2 Å². The van der Waals surface area contributed by atoms with Gasteiger partial charge >= 0.3 is 5.97 Å². The van der Waals surface area contributed by atoms with Gasteiger partial charge in [-0.1, -0.05) is 48.6 Å². The number of halogens is 1. The molecule has 0 saturated heterocycles. The summed E-state index contributed by atoms with van der Waals surface area (Å²) in [4.78, 5) is 11.0. The van der Waals surface area contributed by atoms with Gasteiger partial charge in [-0.3, -0.25) is 0 Å². The van der Waals surface area contributed by atoms with Crippen molar-refractivity contribution in [2.75, 3.05) is 0 Å². The Labute approximate surface area is 159 Å². The molecule has 26 heavy (non-hydrogen) atoms. The Morgan fingerprint density at radius 3 is 2.42 bits per heavy atom. The van der Waals surface area contributed by atoms with E-state index in [9.17, 15) is 4.79 Å². The maximum atomic E-state index is 11.0. The lowest BCUT2D eigenvalue weighted by molar-refractivity contribution is -0.688. The first-order valence-corrected chi connectivity index (χ1v) is 8.17. The fourth-order valence-corrected chi connectivity index (χ4v) is 2.66. The van der Waals surface area contributed by atoms with Crippen molar-refractivity contribution in [3.63, 3.8) is 0 Å². The van der Waals surface area contributed by atoms with Crippen LogP contribution >= 0.6 is 0 Å². The van der Waals surface area contributed by atoms with Crippen LogP contribution in [0.1, 0.15) is 32.6 Å². The molecule has 0 aliphatic heterocycles. The molecule has 0 amide bonds. The summed E-state index contributed by atoms with van der Waals surface area (Å²) in [5, 5.41) is 9.07. The standard InChI is InChI=1S/C22H19NO2.ClH/c1-17-5-2-3-7-20(17)10-9-18-11-13-23(14-12-18)16-19-6-4-8-21(15-19)22(24)25;/h2-15H,16H2,1H3;1H/b10-9-;. The van der Waals surface area contributed by atoms with E-state index in [0.29, 0.717) is 12.1 Å². The van der Waals surface area contributed by atoms with Crippen LogP contribution in [0, 0.1) is 6.92 Å². The maximum Gasteiger partial charge on any atom is 0.335 e. The molecule has 0 atom stereocenters. The second-order valence-electron chi connectivity index (χ2n) is 6.00. The van der Waals surface area contributed by atoms with Gasteiger partial charge in [-0.05, 0) is 35.7 Å². The van der Waals surface area contributed by atoms with Gasteiger partial charge in [0, 0.05) is 17.7 Å². The number of hydrogen-bond acceptors (Lipinski definition) is 1. The molecule has 3 aromatic rings. The number of hydrogen-bond donors (Lipinski definition) is 1. The van der Waals surface area contributed by atoms with E-state index in [2.05, 4.69) is 43.3 Å². The number of aryl methyl sites for hydroxylation is 1. The molecule has 0 unspecified atom stereocenters. The molecule has 0 bridgehead atoms. The monoisotopic (exact) mass is 365 g/mol. The zero-order valence-corrected chi connectivity index (χ0v) is 15.2. The fourth-order valence-electron chi connectivity index (χ4n) is 2.66. The van der Waals surface area contributed by atoms with Crippen molar-refractivity contribution in [2.24, 2.45) is 0 Å². The van der Waals surface area contributed by atoms with Crippen LogP contribution < -0.4 is 17.0 Å². The van der Waals surface area contributed by atoms with Crippen molar-refractivity contribution in [3.05, 3.63) is 101 Å². The molecule has 3 nitrogen and oxygen atoms in total. The van der Waals surface area contributed by atoms with Crippen LogP contribution in [0.4, 0.5) is 0 Å². The first-order chi connectivity index (χ1) is 12.1. The smallest absolute Gasteiger partial charge is 0.335 e. The van der Waals surface area contributed by atoms with Gasteiger partial charge in [0.05, 0.1) is 5.56 Å². The number of carbonyl (C=O) groups is 1. The summed E-state index contributed by atoms with van der Waals surface area (Å²) in [5.41, 5.74) is 4.87. The minimum atomic E-state index is -0.899. The zero-order chi connectivity index (χ0) is 17.6. The molecule has 132 valence electrons. The summed E-state index contributed by atoms with van der Waals surface area (Å²) in [6.07, 6.45) is 8.22. The Morgan fingerprint density at radius 1 is 1.00 bits per heavy atom. The summed E-state index contributed by atoms with van der Waals surface area (Å²) in [5.74, 6) is -0.899. The molecule has 0 saturated carbocycles. The minimum Gasteiger partial charge on any atom is -1.00 e. The van der Waals surface area contributed by atoms with Gasteiger partial charge in [-0.25, -0.2) is 9.36 Å². The van der Waals surface area contributed by atoms with Crippen LogP contribution in [-0.4, -0.2) is 11.1 Å². The van der Waals surface area contributed by atoms with Gasteiger partial charge in [0.1, 0.15) is 0 Å². The molecule has 1 N–H and O–H groups in total. The SMILES string of the molecule is Cc1ccccc1/C=C\c1cc[n+](Cc2cccc(C(=O)O)c2)cc1.[Cl-]. The van der Waals surface area contributed by atoms with E-state index in [0.717, 1.165) is 11.1 Å². The zero-order valence-electron chi connectivity index (χ0n) is 14.5. The fraction of sp³-hybridized carbons (Fsp3) is 0.0909. The Hall–Kier alpha value is -2.91. The lowest BCUT2D eigenvalue weighted by Crippen LogP contribution is -3.00. The summed E-state index contributed by atoms with van der Waals surface area (Å²) in [6, 6.07) is 19.4. The normalized spacial score (nSPS) is 10.5. The van der Waals surface area contributed by atoms with Gasteiger partial charge < -0.3 is 17.5 Å². The van der Waals surface area contributed by atoms with E-state index in [1.54, 1.807) is 18.2 Å². The van der Waals surface area contributed by atoms with Crippen molar-refractivity contribution in [2.45, 2.75) is 13.5 Å². The molecule has 0 spiro atoms. The molecule has 0 fully saturated rings. The number of pyridine rings is 1. The van der Waals surface area contributed by atoms with Crippen LogP contribution in [0.15, 0.2) is 73.1 Å². The molecular formula is C22H20ClNO2. The average molecular weight is 366 g/mol. The highest BCUT2D eigenvalue weighted by atomic mass is 35.5. The molecule has 1 aromatic heterocycles. The number of nitrogens with zero attached hydrogens (tertiary/aromatic N) is 1. The first-order valence-electron chi connectivity index (χ1n) is 8.17. The molecule has 2 aromatic carbocycles. The molecule has 0 aliphatic carbocycles. The van der Waals surface area contributed by atoms with Gasteiger partial charge in [-0.2, -0.15) is 0 Å². The summed E-state index contributed by atoms with van der Waals surface area (Å²) in [6.45, 7) is 2.74. The van der Waals surface area contributed by atoms with Gasteiger partial charge in [0.25, 0.3) is 0 Å². The quantitative estimate of drug-likeness (QED) is 0.690. The second kappa shape index (κ2) is 8.97. The van der Waals surface area contributed by atoms with Gasteiger partial charge in [0.15, 0.2) is 18.9 Å². The van der Waals surface area contributed by atoms with E-state index in [-0.39, 0.29) is 12.4 Å². The Bertz CT molecular complexity index is 917. The van der Waals surface area contributed by atoms with E-state index in [4.69, 9.17) is 5.11 Å². The van der Waals surface area contributed by atoms with E-state index in [1.165, 1.54) is 11.1 Å². The summed E-state index contributed by atoms with van der Waals surface area (Å²) < 4.78 is 2.03. The van der Waals surface area contributed by atoms with Crippen LogP contribution in [-0.2, 0) is 6.54 Å². The average Bonchev–Trinajstić information content (AvgIpc) is 2.62. The van der Waals surface area contributed by atoms with Crippen LogP contribution in [0.3, 0.4) is 0 Å². The number of carboxylic acid groups (broad SMARTS) is 1. The Kier molecular flexibility index (Phi) is 6.70. The number of benzene rings is 2. The summed E-state index contributed by atoms with van der Waals surface area (Å²) >= 11 is 0. The Balaban J connectivity index is 0.00000243. The topological polar surface area (TPSA) is 41.2 Å². The summed E-state index contributed by atoms with van der Waals surface area (Å²) in [7, 11) is 0. The lowest BCUT2D eigenvalue weighted by atomic mass is 10.1. The van der Waals surface area contributed by atoms with Crippen molar-refractivity contribution in [1.29, 1.82) is 0 Å². The highest BCUT2D eigenvalue weighted by Gasteiger charge is 2.07. The molecule has 4 heteroatoms. The molecule has 0 aliphatic rings. The third-order valence-corrected chi connectivity index (χ3v) is 4.10. The second-order valence-corrected chi connectivity index (χ2v) is 6.00. The van der Waals surface area contributed by atoms with E-state index < -0.39 is 5.97 Å². The van der Waals surface area contributed by atoms with E-state index in [1.807, 2.05) is 35.2 Å². The molecule has 3 rings (SSSR count). The highest BCUT2D eigenvalue weighted by Crippen LogP contribution is 2.11. The predicted octanol–water partition coefficient (Wildman–Crippen LogP) is 1.20. The largest absolute Gasteiger partial charge is 1.00 e. The molecular weight excluding hydrogens is 346 g/mol. The van der Waals surface area contributed by atoms with Crippen molar-refractivity contribution in [3.8, 4) is 0 Å². The van der Waals surface area contributed by atoms with Gasteiger partial charge in [-0.15, -0.1) is 0 Å². The Morgan fingerprint density at radius 2 is 1.73 bits per heavy atom. The number of aromatic carboxylic acids is 1. The third kappa shape index (κ3) is 5.04. The lowest BCUT2D eigenvalue weighted by Gasteiger charge is -2.01. The molecule has 1 heterocycles. The first kappa shape index (κ1) is 19.4. The van der Waals surface area contributed by atoms with E-state index >= 15 is 0 Å². The number of aromatic nitrogens is 1. The number of rotatable bonds is 5. The molecule has 0 radical (unpaired) electrons.